The Kier molecular flexibility index (Phi) is 2.85. The molecule has 0 fully saturated rings. The zero-order valence-electron chi connectivity index (χ0n) is 9.55. The molecule has 0 aliphatic rings. The minimum atomic E-state index is 0.511. The Bertz CT molecular complexity index is 688. The molecule has 4 nitrogen and oxygen atoms in total. The van der Waals surface area contributed by atoms with Gasteiger partial charge in [0.15, 0.2) is 11.5 Å². The molecule has 2 N–H and O–H groups in total. The number of fused-ring (bicyclic) bond motifs is 1. The van der Waals surface area contributed by atoms with E-state index in [0.29, 0.717) is 6.54 Å². The van der Waals surface area contributed by atoms with Gasteiger partial charge in [-0.3, -0.25) is 0 Å². The standard InChI is InChI=1S/C13H11BrN4/c14-11-3-1-10(2-4-11)13-16-12-7-9(8-15)5-6-18(12)17-13/h1-7H,8,15H2. The fourth-order valence-corrected chi connectivity index (χ4v) is 2.04. The smallest absolute Gasteiger partial charge is 0.182 e. The predicted molar refractivity (Wildman–Crippen MR) is 74.0 cm³/mol. The van der Waals surface area contributed by atoms with Crippen molar-refractivity contribution in [3.05, 3.63) is 52.6 Å². The maximum atomic E-state index is 5.61. The summed E-state index contributed by atoms with van der Waals surface area (Å²) in [5.74, 6) is 0.719. The van der Waals surface area contributed by atoms with Gasteiger partial charge in [-0.25, -0.2) is 9.50 Å². The molecule has 0 atom stereocenters. The number of hydrogen-bond donors (Lipinski definition) is 1. The average molecular weight is 303 g/mol. The lowest BCUT2D eigenvalue weighted by atomic mass is 10.2. The highest BCUT2D eigenvalue weighted by molar-refractivity contribution is 9.10. The molecule has 1 aromatic carbocycles. The zero-order chi connectivity index (χ0) is 12.5. The number of nitrogens with two attached hydrogens (primary N) is 1. The fourth-order valence-electron chi connectivity index (χ4n) is 1.77. The topological polar surface area (TPSA) is 56.2 Å². The van der Waals surface area contributed by atoms with Gasteiger partial charge in [-0.15, -0.1) is 5.10 Å². The van der Waals surface area contributed by atoms with Gasteiger partial charge in [0, 0.05) is 22.8 Å². The number of hydrogen-bond acceptors (Lipinski definition) is 3. The summed E-state index contributed by atoms with van der Waals surface area (Å²) in [6.45, 7) is 0.511. The highest BCUT2D eigenvalue weighted by Gasteiger charge is 2.06. The Balaban J connectivity index is 2.10. The summed E-state index contributed by atoms with van der Waals surface area (Å²) < 4.78 is 2.80. The van der Waals surface area contributed by atoms with Crippen molar-refractivity contribution in [1.29, 1.82) is 0 Å². The lowest BCUT2D eigenvalue weighted by molar-refractivity contribution is 0.951. The second kappa shape index (κ2) is 4.51. The zero-order valence-corrected chi connectivity index (χ0v) is 11.1. The normalized spacial score (nSPS) is 11.0. The molecule has 0 bridgehead atoms. The van der Waals surface area contributed by atoms with E-state index in [4.69, 9.17) is 5.73 Å². The SMILES string of the molecule is NCc1ccn2nc(-c3ccc(Br)cc3)nc2c1. The first-order valence-electron chi connectivity index (χ1n) is 5.57. The molecule has 0 spiro atoms. The van der Waals surface area contributed by atoms with Crippen LogP contribution >= 0.6 is 15.9 Å². The van der Waals surface area contributed by atoms with Gasteiger partial charge >= 0.3 is 0 Å². The van der Waals surface area contributed by atoms with E-state index in [-0.39, 0.29) is 0 Å². The van der Waals surface area contributed by atoms with Crippen LogP contribution in [0.25, 0.3) is 17.0 Å². The molecule has 3 aromatic rings. The molecule has 2 heterocycles. The second-order valence-electron chi connectivity index (χ2n) is 3.98. The Morgan fingerprint density at radius 2 is 1.94 bits per heavy atom. The van der Waals surface area contributed by atoms with E-state index in [1.807, 2.05) is 42.6 Å². The number of nitrogens with zero attached hydrogens (tertiary/aromatic N) is 3. The van der Waals surface area contributed by atoms with Crippen LogP contribution in [0.5, 0.6) is 0 Å². The van der Waals surface area contributed by atoms with Crippen LogP contribution in [0.15, 0.2) is 47.1 Å². The minimum absolute atomic E-state index is 0.511. The lowest BCUT2D eigenvalue weighted by Crippen LogP contribution is -1.97. The average Bonchev–Trinajstić information content (AvgIpc) is 2.82. The van der Waals surface area contributed by atoms with Crippen molar-refractivity contribution in [2.45, 2.75) is 6.54 Å². The van der Waals surface area contributed by atoms with Gasteiger partial charge < -0.3 is 5.73 Å². The molecule has 0 saturated carbocycles. The Morgan fingerprint density at radius 1 is 1.17 bits per heavy atom. The third kappa shape index (κ3) is 2.02. The van der Waals surface area contributed by atoms with E-state index in [2.05, 4.69) is 26.0 Å². The Hall–Kier alpha value is -1.72. The minimum Gasteiger partial charge on any atom is -0.326 e. The molecule has 90 valence electrons. The van der Waals surface area contributed by atoms with Crippen molar-refractivity contribution >= 4 is 21.6 Å². The van der Waals surface area contributed by atoms with E-state index < -0.39 is 0 Å². The number of halogens is 1. The van der Waals surface area contributed by atoms with Gasteiger partial charge in [-0.2, -0.15) is 0 Å². The van der Waals surface area contributed by atoms with Gasteiger partial charge in [0.2, 0.25) is 0 Å². The molecular formula is C13H11BrN4. The summed E-state index contributed by atoms with van der Waals surface area (Å²) in [5, 5.41) is 4.44. The van der Waals surface area contributed by atoms with Crippen LogP contribution in [0, 0.1) is 0 Å². The van der Waals surface area contributed by atoms with Crippen molar-refractivity contribution in [1.82, 2.24) is 14.6 Å². The van der Waals surface area contributed by atoms with Crippen LogP contribution in [0.4, 0.5) is 0 Å². The third-order valence-corrected chi connectivity index (χ3v) is 3.27. The number of pyridine rings is 1. The van der Waals surface area contributed by atoms with Gasteiger partial charge in [-0.05, 0) is 29.8 Å². The molecule has 0 amide bonds. The molecule has 0 aliphatic heterocycles. The fraction of sp³-hybridized carbons (Fsp3) is 0.0769. The molecule has 0 radical (unpaired) electrons. The summed E-state index contributed by atoms with van der Waals surface area (Å²) in [6.07, 6.45) is 1.88. The highest BCUT2D eigenvalue weighted by atomic mass is 79.9. The monoisotopic (exact) mass is 302 g/mol. The number of aromatic nitrogens is 3. The summed E-state index contributed by atoms with van der Waals surface area (Å²) in [4.78, 5) is 4.50. The summed E-state index contributed by atoms with van der Waals surface area (Å²) in [7, 11) is 0. The largest absolute Gasteiger partial charge is 0.326 e. The number of benzene rings is 1. The van der Waals surface area contributed by atoms with Crippen LogP contribution in [0.1, 0.15) is 5.56 Å². The van der Waals surface area contributed by atoms with Crippen molar-refractivity contribution in [3.8, 4) is 11.4 Å². The quantitative estimate of drug-likeness (QED) is 0.792. The predicted octanol–water partition coefficient (Wildman–Crippen LogP) is 2.62. The van der Waals surface area contributed by atoms with Crippen LogP contribution < -0.4 is 5.73 Å². The first kappa shape index (κ1) is 11.4. The van der Waals surface area contributed by atoms with E-state index in [1.54, 1.807) is 4.52 Å². The maximum Gasteiger partial charge on any atom is 0.182 e. The molecule has 2 aromatic heterocycles. The van der Waals surface area contributed by atoms with E-state index in [1.165, 1.54) is 0 Å². The molecule has 0 unspecified atom stereocenters. The summed E-state index contributed by atoms with van der Waals surface area (Å²) >= 11 is 3.41. The van der Waals surface area contributed by atoms with Gasteiger partial charge in [-0.1, -0.05) is 28.1 Å². The van der Waals surface area contributed by atoms with Crippen molar-refractivity contribution in [2.24, 2.45) is 5.73 Å². The summed E-state index contributed by atoms with van der Waals surface area (Å²) in [5.41, 5.74) is 8.48. The molecule has 0 aliphatic carbocycles. The summed E-state index contributed by atoms with van der Waals surface area (Å²) in [6, 6.07) is 11.8. The van der Waals surface area contributed by atoms with E-state index in [9.17, 15) is 0 Å². The van der Waals surface area contributed by atoms with E-state index >= 15 is 0 Å². The lowest BCUT2D eigenvalue weighted by Gasteiger charge is -1.95. The van der Waals surface area contributed by atoms with Crippen LogP contribution in [-0.2, 0) is 6.54 Å². The molecular weight excluding hydrogens is 292 g/mol. The van der Waals surface area contributed by atoms with Gasteiger partial charge in [0.25, 0.3) is 0 Å². The first-order chi connectivity index (χ1) is 8.76. The van der Waals surface area contributed by atoms with Crippen molar-refractivity contribution in [3.63, 3.8) is 0 Å². The Labute approximate surface area is 113 Å². The molecule has 3 rings (SSSR count). The molecule has 5 heteroatoms. The second-order valence-corrected chi connectivity index (χ2v) is 4.90. The van der Waals surface area contributed by atoms with Gasteiger partial charge in [0.05, 0.1) is 0 Å². The molecule has 0 saturated heterocycles. The third-order valence-electron chi connectivity index (χ3n) is 2.74. The van der Waals surface area contributed by atoms with Crippen LogP contribution in [0.3, 0.4) is 0 Å². The first-order valence-corrected chi connectivity index (χ1v) is 6.37. The maximum absolute atomic E-state index is 5.61. The van der Waals surface area contributed by atoms with Crippen LogP contribution in [0.2, 0.25) is 0 Å². The number of rotatable bonds is 2. The van der Waals surface area contributed by atoms with Crippen molar-refractivity contribution in [2.75, 3.05) is 0 Å². The highest BCUT2D eigenvalue weighted by Crippen LogP contribution is 2.19. The van der Waals surface area contributed by atoms with E-state index in [0.717, 1.165) is 27.1 Å². The molecule has 18 heavy (non-hydrogen) atoms. The Morgan fingerprint density at radius 3 is 2.67 bits per heavy atom. The van der Waals surface area contributed by atoms with Crippen LogP contribution in [-0.4, -0.2) is 14.6 Å². The van der Waals surface area contributed by atoms with Gasteiger partial charge in [0.1, 0.15) is 0 Å². The van der Waals surface area contributed by atoms with Crippen molar-refractivity contribution < 1.29 is 0 Å².